The normalized spacial score (nSPS) is 14.1. The molecule has 2 atom stereocenters. The molecule has 0 aliphatic carbocycles. The molecule has 4 nitrogen and oxygen atoms in total. The third kappa shape index (κ3) is 6.49. The van der Waals surface area contributed by atoms with E-state index >= 15 is 0 Å². The van der Waals surface area contributed by atoms with Crippen molar-refractivity contribution in [3.63, 3.8) is 0 Å². The van der Waals surface area contributed by atoms with Crippen LogP contribution in [0.3, 0.4) is 0 Å². The van der Waals surface area contributed by atoms with Crippen LogP contribution in [0.5, 0.6) is 5.75 Å². The predicted molar refractivity (Wildman–Crippen MR) is 94.1 cm³/mol. The smallest absolute Gasteiger partial charge is 0.416 e. The van der Waals surface area contributed by atoms with E-state index in [1.807, 2.05) is 0 Å². The number of halogens is 4. The Hall–Kier alpha value is -1.80. The van der Waals surface area contributed by atoms with Gasteiger partial charge in [-0.2, -0.15) is 13.2 Å². The highest BCUT2D eigenvalue weighted by molar-refractivity contribution is 6.30. The number of aliphatic hydroxyl groups excluding tert-OH is 1. The average molecular weight is 389 g/mol. The topological polar surface area (TPSA) is 67.5 Å². The highest BCUT2D eigenvalue weighted by Crippen LogP contribution is 2.29. The van der Waals surface area contributed by atoms with Crippen LogP contribution >= 0.6 is 11.6 Å². The van der Waals surface area contributed by atoms with Crippen LogP contribution in [0.4, 0.5) is 13.2 Å². The number of hydrogen-bond donors (Lipinski definition) is 3. The van der Waals surface area contributed by atoms with Crippen molar-refractivity contribution >= 4 is 11.6 Å². The molecule has 0 unspecified atom stereocenters. The Morgan fingerprint density at radius 3 is 2.50 bits per heavy atom. The number of alkyl halides is 3. The Kier molecular flexibility index (Phi) is 7.28. The number of benzene rings is 2. The van der Waals surface area contributed by atoms with E-state index in [2.05, 4.69) is 5.32 Å². The molecular formula is C18H20ClF3N2O2. The van der Waals surface area contributed by atoms with Crippen LogP contribution in [-0.2, 0) is 12.7 Å². The number of nitrogens with two attached hydrogens (primary N) is 1. The van der Waals surface area contributed by atoms with Crippen molar-refractivity contribution in [3.05, 3.63) is 64.7 Å². The molecule has 26 heavy (non-hydrogen) atoms. The molecular weight excluding hydrogens is 369 g/mol. The molecule has 8 heteroatoms. The third-order valence-corrected chi connectivity index (χ3v) is 3.94. The van der Waals surface area contributed by atoms with Gasteiger partial charge in [-0.15, -0.1) is 0 Å². The first-order chi connectivity index (χ1) is 12.3. The summed E-state index contributed by atoms with van der Waals surface area (Å²) >= 11 is 5.78. The molecule has 0 bridgehead atoms. The van der Waals surface area contributed by atoms with Gasteiger partial charge in [-0.25, -0.2) is 0 Å². The molecule has 0 saturated heterocycles. The molecule has 142 valence electrons. The molecule has 0 fully saturated rings. The first-order valence-electron chi connectivity index (χ1n) is 7.94. The minimum absolute atomic E-state index is 0.0913. The number of rotatable bonds is 8. The van der Waals surface area contributed by atoms with Gasteiger partial charge in [0, 0.05) is 18.1 Å². The van der Waals surface area contributed by atoms with Gasteiger partial charge >= 0.3 is 6.18 Å². The van der Waals surface area contributed by atoms with E-state index in [4.69, 9.17) is 22.1 Å². The quantitative estimate of drug-likeness (QED) is 0.649. The Morgan fingerprint density at radius 2 is 1.85 bits per heavy atom. The lowest BCUT2D eigenvalue weighted by molar-refractivity contribution is -0.137. The first-order valence-corrected chi connectivity index (χ1v) is 8.32. The van der Waals surface area contributed by atoms with E-state index in [1.165, 1.54) is 6.07 Å². The van der Waals surface area contributed by atoms with Crippen molar-refractivity contribution in [1.82, 2.24) is 5.32 Å². The fraction of sp³-hybridized carbons (Fsp3) is 0.333. The van der Waals surface area contributed by atoms with Crippen molar-refractivity contribution in [1.29, 1.82) is 0 Å². The summed E-state index contributed by atoms with van der Waals surface area (Å²) in [5, 5.41) is 13.5. The van der Waals surface area contributed by atoms with Gasteiger partial charge in [0.25, 0.3) is 0 Å². The first kappa shape index (κ1) is 20.5. The van der Waals surface area contributed by atoms with Crippen molar-refractivity contribution in [2.24, 2.45) is 5.73 Å². The molecule has 0 aromatic heterocycles. The second-order valence-corrected chi connectivity index (χ2v) is 6.26. The summed E-state index contributed by atoms with van der Waals surface area (Å²) in [5.74, 6) is 0.578. The predicted octanol–water partition coefficient (Wildman–Crippen LogP) is 3.22. The van der Waals surface area contributed by atoms with Crippen LogP contribution < -0.4 is 15.8 Å². The van der Waals surface area contributed by atoms with E-state index in [1.54, 1.807) is 30.3 Å². The summed E-state index contributed by atoms with van der Waals surface area (Å²) in [6, 6.07) is 11.1. The standard InChI is InChI=1S/C18H20ClF3N2O2/c19-14-4-6-15(7-5-14)26-11-16(23)17(25)10-24-9-12-2-1-3-13(8-12)18(20,21)22/h1-8,16-17,24-25H,9-11,23H2/t16-,17+/m0/s1. The minimum Gasteiger partial charge on any atom is -0.492 e. The zero-order valence-electron chi connectivity index (χ0n) is 13.8. The van der Waals surface area contributed by atoms with Crippen LogP contribution in [0.25, 0.3) is 0 Å². The van der Waals surface area contributed by atoms with Gasteiger partial charge in [0.2, 0.25) is 0 Å². The molecule has 0 aliphatic heterocycles. The Labute approximate surface area is 154 Å². The van der Waals surface area contributed by atoms with Gasteiger partial charge < -0.3 is 20.9 Å². The van der Waals surface area contributed by atoms with E-state index in [9.17, 15) is 18.3 Å². The maximum atomic E-state index is 12.7. The Balaban J connectivity index is 1.75. The lowest BCUT2D eigenvalue weighted by atomic mass is 10.1. The molecule has 0 radical (unpaired) electrons. The van der Waals surface area contributed by atoms with Gasteiger partial charge in [0.05, 0.1) is 17.7 Å². The zero-order chi connectivity index (χ0) is 19.2. The number of nitrogens with one attached hydrogen (secondary N) is 1. The second-order valence-electron chi connectivity index (χ2n) is 5.83. The van der Waals surface area contributed by atoms with Crippen LogP contribution in [0, 0.1) is 0 Å². The maximum absolute atomic E-state index is 12.7. The van der Waals surface area contributed by atoms with Crippen LogP contribution in [0.15, 0.2) is 48.5 Å². The number of aliphatic hydroxyl groups is 1. The lowest BCUT2D eigenvalue weighted by Crippen LogP contribution is -2.45. The molecule has 0 saturated carbocycles. The molecule has 0 spiro atoms. The Morgan fingerprint density at radius 1 is 1.15 bits per heavy atom. The monoisotopic (exact) mass is 388 g/mol. The second kappa shape index (κ2) is 9.23. The SMILES string of the molecule is N[C@@H](COc1ccc(Cl)cc1)[C@H](O)CNCc1cccc(C(F)(F)F)c1. The summed E-state index contributed by atoms with van der Waals surface area (Å²) < 4.78 is 43.5. The fourth-order valence-corrected chi connectivity index (χ4v) is 2.33. The van der Waals surface area contributed by atoms with Crippen molar-refractivity contribution in [3.8, 4) is 5.75 Å². The molecule has 2 aromatic carbocycles. The van der Waals surface area contributed by atoms with Crippen molar-refractivity contribution in [2.75, 3.05) is 13.2 Å². The molecule has 0 amide bonds. The molecule has 4 N–H and O–H groups in total. The fourth-order valence-electron chi connectivity index (χ4n) is 2.21. The van der Waals surface area contributed by atoms with Gasteiger partial charge in [0.1, 0.15) is 12.4 Å². The summed E-state index contributed by atoms with van der Waals surface area (Å²) in [6.45, 7) is 0.404. The molecule has 0 heterocycles. The number of ether oxygens (including phenoxy) is 1. The lowest BCUT2D eigenvalue weighted by Gasteiger charge is -2.20. The van der Waals surface area contributed by atoms with E-state index in [0.717, 1.165) is 12.1 Å². The largest absolute Gasteiger partial charge is 0.492 e. The minimum atomic E-state index is -4.38. The van der Waals surface area contributed by atoms with E-state index in [-0.39, 0.29) is 19.7 Å². The van der Waals surface area contributed by atoms with Gasteiger partial charge in [-0.3, -0.25) is 0 Å². The van der Waals surface area contributed by atoms with Crippen LogP contribution in [-0.4, -0.2) is 30.4 Å². The molecule has 0 aliphatic rings. The zero-order valence-corrected chi connectivity index (χ0v) is 14.6. The van der Waals surface area contributed by atoms with Crippen molar-refractivity contribution in [2.45, 2.75) is 24.9 Å². The Bertz CT molecular complexity index is 696. The molecule has 2 aromatic rings. The third-order valence-electron chi connectivity index (χ3n) is 3.69. The maximum Gasteiger partial charge on any atom is 0.416 e. The van der Waals surface area contributed by atoms with E-state index in [0.29, 0.717) is 16.3 Å². The van der Waals surface area contributed by atoms with Crippen molar-refractivity contribution < 1.29 is 23.0 Å². The van der Waals surface area contributed by atoms with Gasteiger partial charge in [0.15, 0.2) is 0 Å². The highest BCUT2D eigenvalue weighted by atomic mass is 35.5. The summed E-state index contributed by atoms with van der Waals surface area (Å²) in [6.07, 6.45) is -5.29. The van der Waals surface area contributed by atoms with E-state index < -0.39 is 23.9 Å². The van der Waals surface area contributed by atoms with Crippen LogP contribution in [0.2, 0.25) is 5.02 Å². The average Bonchev–Trinajstić information content (AvgIpc) is 2.60. The summed E-state index contributed by atoms with van der Waals surface area (Å²) in [5.41, 5.74) is 5.63. The summed E-state index contributed by atoms with van der Waals surface area (Å²) in [7, 11) is 0. The molecule has 2 rings (SSSR count). The van der Waals surface area contributed by atoms with Gasteiger partial charge in [-0.1, -0.05) is 29.8 Å². The summed E-state index contributed by atoms with van der Waals surface area (Å²) in [4.78, 5) is 0. The van der Waals surface area contributed by atoms with Crippen LogP contribution in [0.1, 0.15) is 11.1 Å². The highest BCUT2D eigenvalue weighted by Gasteiger charge is 2.30. The number of hydrogen-bond acceptors (Lipinski definition) is 4. The van der Waals surface area contributed by atoms with Gasteiger partial charge in [-0.05, 0) is 35.9 Å².